The summed E-state index contributed by atoms with van der Waals surface area (Å²) in [4.78, 5) is 13.9. The van der Waals surface area contributed by atoms with Crippen molar-refractivity contribution in [1.29, 1.82) is 0 Å². The summed E-state index contributed by atoms with van der Waals surface area (Å²) in [5.41, 5.74) is 8.03. The predicted molar refractivity (Wildman–Crippen MR) is 73.3 cm³/mol. The van der Waals surface area contributed by atoms with Crippen LogP contribution in [0, 0.1) is 5.92 Å². The molecule has 1 aromatic rings. The van der Waals surface area contributed by atoms with Crippen LogP contribution in [0.1, 0.15) is 18.4 Å². The number of hydrogen-bond acceptors (Lipinski definition) is 3. The van der Waals surface area contributed by atoms with Crippen molar-refractivity contribution in [1.82, 2.24) is 5.32 Å². The van der Waals surface area contributed by atoms with Gasteiger partial charge < -0.3 is 16.0 Å². The number of piperidine rings is 1. The van der Waals surface area contributed by atoms with Gasteiger partial charge in [0, 0.05) is 38.3 Å². The first-order chi connectivity index (χ1) is 8.74. The monoisotopic (exact) mass is 247 g/mol. The second kappa shape index (κ2) is 5.87. The smallest absolute Gasteiger partial charge is 0.222 e. The van der Waals surface area contributed by atoms with Gasteiger partial charge >= 0.3 is 0 Å². The first kappa shape index (κ1) is 12.9. The third kappa shape index (κ3) is 2.82. The SMILES string of the molecule is CNC(=O)C1CCN(c2cccc(CN)c2)CC1. The fraction of sp³-hybridized carbons (Fsp3) is 0.500. The summed E-state index contributed by atoms with van der Waals surface area (Å²) < 4.78 is 0. The lowest BCUT2D eigenvalue weighted by molar-refractivity contribution is -0.125. The summed E-state index contributed by atoms with van der Waals surface area (Å²) >= 11 is 0. The van der Waals surface area contributed by atoms with Crippen LogP contribution in [0.25, 0.3) is 0 Å². The summed E-state index contributed by atoms with van der Waals surface area (Å²) in [6.07, 6.45) is 1.85. The molecule has 18 heavy (non-hydrogen) atoms. The van der Waals surface area contributed by atoms with E-state index in [0.717, 1.165) is 31.5 Å². The van der Waals surface area contributed by atoms with Crippen molar-refractivity contribution in [3.05, 3.63) is 29.8 Å². The molecule has 1 aromatic carbocycles. The number of rotatable bonds is 3. The molecule has 4 nitrogen and oxygen atoms in total. The largest absolute Gasteiger partial charge is 0.371 e. The third-order valence-corrected chi connectivity index (χ3v) is 3.62. The standard InChI is InChI=1S/C14H21N3O/c1-16-14(18)12-5-7-17(8-6-12)13-4-2-3-11(9-13)10-15/h2-4,9,12H,5-8,10,15H2,1H3,(H,16,18). The fourth-order valence-electron chi connectivity index (χ4n) is 2.48. The van der Waals surface area contributed by atoms with Crippen molar-refractivity contribution < 1.29 is 4.79 Å². The Balaban J connectivity index is 1.98. The second-order valence-corrected chi connectivity index (χ2v) is 4.75. The Morgan fingerprint density at radius 3 is 2.78 bits per heavy atom. The zero-order chi connectivity index (χ0) is 13.0. The number of hydrogen-bond donors (Lipinski definition) is 2. The molecule has 1 amide bonds. The summed E-state index contributed by atoms with van der Waals surface area (Å²) in [5.74, 6) is 0.342. The van der Waals surface area contributed by atoms with Gasteiger partial charge in [0.25, 0.3) is 0 Å². The molecule has 1 aliphatic rings. The molecule has 0 aliphatic carbocycles. The van der Waals surface area contributed by atoms with Crippen LogP contribution >= 0.6 is 0 Å². The number of nitrogens with zero attached hydrogens (tertiary/aromatic N) is 1. The van der Waals surface area contributed by atoms with E-state index in [2.05, 4.69) is 22.3 Å². The molecule has 0 spiro atoms. The lowest BCUT2D eigenvalue weighted by atomic mass is 9.95. The molecule has 4 heteroatoms. The van der Waals surface area contributed by atoms with E-state index in [-0.39, 0.29) is 11.8 Å². The van der Waals surface area contributed by atoms with Crippen LogP contribution in [-0.4, -0.2) is 26.0 Å². The minimum Gasteiger partial charge on any atom is -0.371 e. The van der Waals surface area contributed by atoms with Crippen LogP contribution in [-0.2, 0) is 11.3 Å². The summed E-state index contributed by atoms with van der Waals surface area (Å²) in [6, 6.07) is 8.34. The first-order valence-electron chi connectivity index (χ1n) is 6.50. The van der Waals surface area contributed by atoms with Crippen LogP contribution in [0.3, 0.4) is 0 Å². The molecule has 0 atom stereocenters. The van der Waals surface area contributed by atoms with E-state index in [0.29, 0.717) is 6.54 Å². The van der Waals surface area contributed by atoms with Crippen molar-refractivity contribution in [2.45, 2.75) is 19.4 Å². The zero-order valence-corrected chi connectivity index (χ0v) is 10.9. The van der Waals surface area contributed by atoms with Gasteiger partial charge in [0.1, 0.15) is 0 Å². The predicted octanol–water partition coefficient (Wildman–Crippen LogP) is 1.11. The molecule has 1 heterocycles. The van der Waals surface area contributed by atoms with Crippen molar-refractivity contribution in [3.8, 4) is 0 Å². The maximum absolute atomic E-state index is 11.6. The Morgan fingerprint density at radius 2 is 2.17 bits per heavy atom. The summed E-state index contributed by atoms with van der Waals surface area (Å²) in [7, 11) is 1.71. The highest BCUT2D eigenvalue weighted by atomic mass is 16.1. The third-order valence-electron chi connectivity index (χ3n) is 3.62. The van der Waals surface area contributed by atoms with Gasteiger partial charge in [-0.1, -0.05) is 12.1 Å². The number of benzene rings is 1. The molecule has 0 bridgehead atoms. The van der Waals surface area contributed by atoms with Gasteiger partial charge in [-0.3, -0.25) is 4.79 Å². The van der Waals surface area contributed by atoms with Crippen LogP contribution in [0.5, 0.6) is 0 Å². The number of amides is 1. The maximum Gasteiger partial charge on any atom is 0.222 e. The molecule has 1 aliphatic heterocycles. The number of carbonyl (C=O) groups excluding carboxylic acids is 1. The van der Waals surface area contributed by atoms with E-state index < -0.39 is 0 Å². The van der Waals surface area contributed by atoms with Crippen molar-refractivity contribution >= 4 is 11.6 Å². The molecule has 98 valence electrons. The normalized spacial score (nSPS) is 16.7. The van der Waals surface area contributed by atoms with Gasteiger partial charge in [-0.15, -0.1) is 0 Å². The molecule has 0 radical (unpaired) electrons. The average molecular weight is 247 g/mol. The Morgan fingerprint density at radius 1 is 1.44 bits per heavy atom. The molecule has 2 rings (SSSR count). The molecule has 1 fully saturated rings. The lowest BCUT2D eigenvalue weighted by Gasteiger charge is -2.33. The van der Waals surface area contributed by atoms with E-state index in [4.69, 9.17) is 5.73 Å². The van der Waals surface area contributed by atoms with Gasteiger partial charge in [0.2, 0.25) is 5.91 Å². The van der Waals surface area contributed by atoms with Crippen LogP contribution in [0.2, 0.25) is 0 Å². The number of nitrogens with one attached hydrogen (secondary N) is 1. The van der Waals surface area contributed by atoms with Gasteiger partial charge in [-0.25, -0.2) is 0 Å². The van der Waals surface area contributed by atoms with Gasteiger partial charge in [0.05, 0.1) is 0 Å². The van der Waals surface area contributed by atoms with Crippen LogP contribution < -0.4 is 16.0 Å². The second-order valence-electron chi connectivity index (χ2n) is 4.75. The molecule has 3 N–H and O–H groups in total. The Labute approximate surface area is 108 Å². The fourth-order valence-corrected chi connectivity index (χ4v) is 2.48. The number of carbonyl (C=O) groups is 1. The lowest BCUT2D eigenvalue weighted by Crippen LogP contribution is -2.39. The van der Waals surface area contributed by atoms with Gasteiger partial charge in [-0.2, -0.15) is 0 Å². The Hall–Kier alpha value is -1.55. The van der Waals surface area contributed by atoms with Gasteiger partial charge in [-0.05, 0) is 30.5 Å². The van der Waals surface area contributed by atoms with Crippen LogP contribution in [0.15, 0.2) is 24.3 Å². The van der Waals surface area contributed by atoms with E-state index in [1.807, 2.05) is 12.1 Å². The molecular weight excluding hydrogens is 226 g/mol. The first-order valence-corrected chi connectivity index (χ1v) is 6.50. The van der Waals surface area contributed by atoms with E-state index in [1.165, 1.54) is 5.69 Å². The van der Waals surface area contributed by atoms with Gasteiger partial charge in [0.15, 0.2) is 0 Å². The van der Waals surface area contributed by atoms with E-state index in [1.54, 1.807) is 7.05 Å². The maximum atomic E-state index is 11.6. The zero-order valence-electron chi connectivity index (χ0n) is 10.9. The van der Waals surface area contributed by atoms with E-state index >= 15 is 0 Å². The minimum atomic E-state index is 0.170. The highest BCUT2D eigenvalue weighted by Crippen LogP contribution is 2.24. The topological polar surface area (TPSA) is 58.4 Å². The Kier molecular flexibility index (Phi) is 4.20. The number of anilines is 1. The minimum absolute atomic E-state index is 0.170. The molecule has 0 aromatic heterocycles. The Bertz CT molecular complexity index is 411. The van der Waals surface area contributed by atoms with Crippen molar-refractivity contribution in [2.75, 3.05) is 25.0 Å². The highest BCUT2D eigenvalue weighted by Gasteiger charge is 2.24. The number of nitrogens with two attached hydrogens (primary N) is 1. The highest BCUT2D eigenvalue weighted by molar-refractivity contribution is 5.78. The molecule has 0 saturated carbocycles. The van der Waals surface area contributed by atoms with Crippen LogP contribution in [0.4, 0.5) is 5.69 Å². The average Bonchev–Trinajstić information content (AvgIpc) is 2.46. The molecule has 1 saturated heterocycles. The summed E-state index contributed by atoms with van der Waals surface area (Å²) in [5, 5.41) is 2.73. The molecular formula is C14H21N3O. The van der Waals surface area contributed by atoms with Crippen molar-refractivity contribution in [2.24, 2.45) is 11.7 Å². The van der Waals surface area contributed by atoms with E-state index in [9.17, 15) is 4.79 Å². The summed E-state index contributed by atoms with van der Waals surface area (Å²) in [6.45, 7) is 2.45. The van der Waals surface area contributed by atoms with Crippen molar-refractivity contribution in [3.63, 3.8) is 0 Å². The molecule has 0 unspecified atom stereocenters. The quantitative estimate of drug-likeness (QED) is 0.841.